The summed E-state index contributed by atoms with van der Waals surface area (Å²) in [6.07, 6.45) is 1.75. The molecule has 35 heavy (non-hydrogen) atoms. The summed E-state index contributed by atoms with van der Waals surface area (Å²) in [4.78, 5) is 51.0. The van der Waals surface area contributed by atoms with Crippen LogP contribution < -0.4 is 10.6 Å². The molecule has 1 aromatic carbocycles. The number of aromatic amines is 1. The SMILES string of the molecule is CC(C)CC(NC(=O)OCc1ccccc1)C(=O)CC1CCc2cc([nH]n2)CCCNC(=O)C1=O. The van der Waals surface area contributed by atoms with Crippen LogP contribution in [-0.2, 0) is 38.6 Å². The van der Waals surface area contributed by atoms with Gasteiger partial charge in [0.1, 0.15) is 6.61 Å². The van der Waals surface area contributed by atoms with Crippen molar-refractivity contribution in [1.29, 1.82) is 0 Å². The summed E-state index contributed by atoms with van der Waals surface area (Å²) in [5.41, 5.74) is 2.61. The van der Waals surface area contributed by atoms with Gasteiger partial charge >= 0.3 is 6.09 Å². The summed E-state index contributed by atoms with van der Waals surface area (Å²) in [6, 6.07) is 10.4. The highest BCUT2D eigenvalue weighted by molar-refractivity contribution is 6.37. The number of hydrogen-bond donors (Lipinski definition) is 3. The molecule has 2 bridgehead atoms. The molecule has 0 spiro atoms. The fourth-order valence-corrected chi connectivity index (χ4v) is 4.10. The zero-order valence-corrected chi connectivity index (χ0v) is 20.3. The van der Waals surface area contributed by atoms with E-state index in [0.717, 1.165) is 23.4 Å². The van der Waals surface area contributed by atoms with Crippen molar-refractivity contribution in [2.45, 2.75) is 65.0 Å². The molecule has 2 heterocycles. The lowest BCUT2D eigenvalue weighted by molar-refractivity contribution is -0.141. The summed E-state index contributed by atoms with van der Waals surface area (Å²) in [5, 5.41) is 12.6. The van der Waals surface area contributed by atoms with Crippen LogP contribution in [0, 0.1) is 11.8 Å². The molecule has 0 fully saturated rings. The Morgan fingerprint density at radius 2 is 1.94 bits per heavy atom. The third-order valence-electron chi connectivity index (χ3n) is 5.98. The molecule has 0 radical (unpaired) electrons. The second kappa shape index (κ2) is 12.8. The number of H-pyrrole nitrogens is 1. The standard InChI is InChI=1S/C26H34N4O5/c1-17(2)13-22(28-26(34)35-16-18-7-4-3-5-8-18)23(31)14-19-10-11-21-15-20(29-30-21)9-6-12-27-25(33)24(19)32/h3-5,7-8,15,17,19,22H,6,9-14,16H2,1-2H3,(H,27,33)(H,28,34)(H,29,30). The van der Waals surface area contributed by atoms with E-state index in [-0.39, 0.29) is 24.7 Å². The lowest BCUT2D eigenvalue weighted by atomic mass is 9.87. The molecule has 2 amide bonds. The largest absolute Gasteiger partial charge is 0.445 e. The number of nitrogens with one attached hydrogen (secondary N) is 3. The summed E-state index contributed by atoms with van der Waals surface area (Å²) >= 11 is 0. The van der Waals surface area contributed by atoms with E-state index >= 15 is 0 Å². The number of carbonyl (C=O) groups is 4. The van der Waals surface area contributed by atoms with Crippen molar-refractivity contribution in [2.24, 2.45) is 11.8 Å². The van der Waals surface area contributed by atoms with Crippen LogP contribution >= 0.6 is 0 Å². The molecule has 2 unspecified atom stereocenters. The first kappa shape index (κ1) is 26.1. The second-order valence-corrected chi connectivity index (χ2v) is 9.40. The Kier molecular flexibility index (Phi) is 9.57. The molecule has 0 saturated carbocycles. The fourth-order valence-electron chi connectivity index (χ4n) is 4.10. The molecular formula is C26H34N4O5. The summed E-state index contributed by atoms with van der Waals surface area (Å²) in [5.74, 6) is -2.24. The van der Waals surface area contributed by atoms with Gasteiger partial charge in [0.05, 0.1) is 11.7 Å². The van der Waals surface area contributed by atoms with Gasteiger partial charge in [0, 0.05) is 24.6 Å². The zero-order valence-electron chi connectivity index (χ0n) is 20.3. The van der Waals surface area contributed by atoms with Gasteiger partial charge in [-0.15, -0.1) is 0 Å². The number of nitrogens with zero attached hydrogens (tertiary/aromatic N) is 1. The maximum absolute atomic E-state index is 13.2. The number of aromatic nitrogens is 2. The van der Waals surface area contributed by atoms with Crippen LogP contribution in [-0.4, -0.2) is 46.4 Å². The molecule has 2 aromatic rings. The lowest BCUT2D eigenvalue weighted by Crippen LogP contribution is -2.44. The first-order valence-corrected chi connectivity index (χ1v) is 12.2. The first-order chi connectivity index (χ1) is 16.8. The van der Waals surface area contributed by atoms with Gasteiger partial charge in [-0.1, -0.05) is 44.2 Å². The van der Waals surface area contributed by atoms with Gasteiger partial charge < -0.3 is 15.4 Å². The Morgan fingerprint density at radius 1 is 1.17 bits per heavy atom. The Morgan fingerprint density at radius 3 is 2.69 bits per heavy atom. The quantitative estimate of drug-likeness (QED) is 0.496. The Labute approximate surface area is 205 Å². The number of aryl methyl sites for hydroxylation is 2. The molecule has 9 heteroatoms. The molecule has 1 aliphatic rings. The highest BCUT2D eigenvalue weighted by Gasteiger charge is 2.31. The van der Waals surface area contributed by atoms with Crippen LogP contribution in [0.25, 0.3) is 0 Å². The number of amides is 2. The molecule has 188 valence electrons. The molecule has 2 atom stereocenters. The monoisotopic (exact) mass is 482 g/mol. The number of fused-ring (bicyclic) bond motifs is 2. The van der Waals surface area contributed by atoms with Crippen molar-refractivity contribution in [3.05, 3.63) is 53.3 Å². The van der Waals surface area contributed by atoms with Crippen LogP contribution in [0.2, 0.25) is 0 Å². The maximum atomic E-state index is 13.2. The molecular weight excluding hydrogens is 448 g/mol. The van der Waals surface area contributed by atoms with Gasteiger partial charge in [0.25, 0.3) is 5.91 Å². The number of alkyl carbamates (subject to hydrolysis) is 1. The van der Waals surface area contributed by atoms with Crippen LogP contribution in [0.15, 0.2) is 36.4 Å². The number of hydrogen-bond acceptors (Lipinski definition) is 6. The third kappa shape index (κ3) is 8.35. The summed E-state index contributed by atoms with van der Waals surface area (Å²) < 4.78 is 5.28. The number of carbonyl (C=O) groups excluding carboxylic acids is 4. The van der Waals surface area contributed by atoms with Crippen molar-refractivity contribution in [3.8, 4) is 0 Å². The number of ketones is 2. The van der Waals surface area contributed by atoms with Crippen LogP contribution in [0.1, 0.15) is 56.5 Å². The minimum absolute atomic E-state index is 0.0855. The first-order valence-electron chi connectivity index (χ1n) is 12.2. The average molecular weight is 483 g/mol. The van der Waals surface area contributed by atoms with Crippen molar-refractivity contribution in [3.63, 3.8) is 0 Å². The van der Waals surface area contributed by atoms with E-state index in [4.69, 9.17) is 4.74 Å². The number of benzene rings is 1. The van der Waals surface area contributed by atoms with E-state index in [9.17, 15) is 19.2 Å². The molecule has 1 aromatic heterocycles. The maximum Gasteiger partial charge on any atom is 0.408 e. The minimum Gasteiger partial charge on any atom is -0.445 e. The Hall–Kier alpha value is -3.49. The number of ether oxygens (including phenoxy) is 1. The lowest BCUT2D eigenvalue weighted by Gasteiger charge is -2.22. The third-order valence-corrected chi connectivity index (χ3v) is 5.98. The van der Waals surface area contributed by atoms with Gasteiger partial charge in [-0.3, -0.25) is 19.5 Å². The molecule has 3 rings (SSSR count). The van der Waals surface area contributed by atoms with Crippen molar-refractivity contribution < 1.29 is 23.9 Å². The fraction of sp³-hybridized carbons (Fsp3) is 0.500. The topological polar surface area (TPSA) is 130 Å². The van der Waals surface area contributed by atoms with E-state index in [1.54, 1.807) is 0 Å². The van der Waals surface area contributed by atoms with Crippen molar-refractivity contribution in [2.75, 3.05) is 6.54 Å². The van der Waals surface area contributed by atoms with E-state index in [1.165, 1.54) is 0 Å². The summed E-state index contributed by atoms with van der Waals surface area (Å²) in [6.45, 7) is 4.34. The highest BCUT2D eigenvalue weighted by atomic mass is 16.5. The Bertz CT molecular complexity index is 1020. The van der Waals surface area contributed by atoms with Gasteiger partial charge in [0.15, 0.2) is 5.78 Å². The molecule has 0 saturated heterocycles. The van der Waals surface area contributed by atoms with Crippen molar-refractivity contribution >= 4 is 23.6 Å². The van der Waals surface area contributed by atoms with E-state index < -0.39 is 29.7 Å². The van der Waals surface area contributed by atoms with Gasteiger partial charge in [-0.2, -0.15) is 5.10 Å². The Balaban J connectivity index is 1.66. The van der Waals surface area contributed by atoms with Gasteiger partial charge in [-0.05, 0) is 49.7 Å². The van der Waals surface area contributed by atoms with Gasteiger partial charge in [-0.25, -0.2) is 4.79 Å². The molecule has 0 aliphatic carbocycles. The molecule has 3 N–H and O–H groups in total. The van der Waals surface area contributed by atoms with E-state index in [0.29, 0.717) is 32.2 Å². The number of Topliss-reactive ketones (excluding diaryl/α,β-unsaturated/α-hetero) is 2. The number of rotatable bonds is 8. The molecule has 1 aliphatic heterocycles. The normalized spacial score (nSPS) is 17.6. The second-order valence-electron chi connectivity index (χ2n) is 9.40. The smallest absolute Gasteiger partial charge is 0.408 e. The predicted molar refractivity (Wildman–Crippen MR) is 129 cm³/mol. The van der Waals surface area contributed by atoms with E-state index in [1.807, 2.05) is 50.2 Å². The van der Waals surface area contributed by atoms with Crippen molar-refractivity contribution in [1.82, 2.24) is 20.8 Å². The zero-order chi connectivity index (χ0) is 25.2. The van der Waals surface area contributed by atoms with Crippen LogP contribution in [0.4, 0.5) is 4.79 Å². The van der Waals surface area contributed by atoms with Crippen LogP contribution in [0.3, 0.4) is 0 Å². The summed E-state index contributed by atoms with van der Waals surface area (Å²) in [7, 11) is 0. The highest BCUT2D eigenvalue weighted by Crippen LogP contribution is 2.19. The average Bonchev–Trinajstić information content (AvgIpc) is 3.29. The molecule has 9 nitrogen and oxygen atoms in total. The minimum atomic E-state index is -0.812. The predicted octanol–water partition coefficient (Wildman–Crippen LogP) is 2.89. The van der Waals surface area contributed by atoms with Crippen LogP contribution in [0.5, 0.6) is 0 Å². The van der Waals surface area contributed by atoms with Gasteiger partial charge in [0.2, 0.25) is 5.78 Å². The van der Waals surface area contributed by atoms with E-state index in [2.05, 4.69) is 20.8 Å².